The molecule has 0 atom stereocenters. The number of ketones is 1. The van der Waals surface area contributed by atoms with Gasteiger partial charge in [0.25, 0.3) is 0 Å². The summed E-state index contributed by atoms with van der Waals surface area (Å²) >= 11 is 0. The first-order chi connectivity index (χ1) is 9.66. The Labute approximate surface area is 119 Å². The molecule has 0 aliphatic rings. The van der Waals surface area contributed by atoms with Crippen molar-refractivity contribution in [3.63, 3.8) is 0 Å². The summed E-state index contributed by atoms with van der Waals surface area (Å²) in [7, 11) is 3.97. The van der Waals surface area contributed by atoms with Gasteiger partial charge in [-0.3, -0.25) is 4.79 Å². The fraction of sp³-hybridized carbons (Fsp3) is 0.235. The minimum atomic E-state index is 0.106. The second-order valence-electron chi connectivity index (χ2n) is 4.78. The van der Waals surface area contributed by atoms with Crippen molar-refractivity contribution in [2.75, 3.05) is 25.6 Å². The summed E-state index contributed by atoms with van der Waals surface area (Å²) in [5, 5.41) is 0. The van der Waals surface area contributed by atoms with Crippen LogP contribution in [0.15, 0.2) is 54.6 Å². The maximum atomic E-state index is 11.9. The molecule has 2 aromatic carbocycles. The zero-order valence-corrected chi connectivity index (χ0v) is 11.9. The van der Waals surface area contributed by atoms with E-state index in [1.807, 2.05) is 73.6 Å². The van der Waals surface area contributed by atoms with Crippen LogP contribution in [0, 0.1) is 0 Å². The molecule has 20 heavy (non-hydrogen) atoms. The highest BCUT2D eigenvalue weighted by molar-refractivity contribution is 5.96. The van der Waals surface area contributed by atoms with Gasteiger partial charge in [0.15, 0.2) is 5.78 Å². The van der Waals surface area contributed by atoms with Crippen molar-refractivity contribution in [3.05, 3.63) is 60.2 Å². The van der Waals surface area contributed by atoms with Gasteiger partial charge < -0.3 is 9.64 Å². The molecule has 0 N–H and O–H groups in total. The molecule has 3 nitrogen and oxygen atoms in total. The maximum Gasteiger partial charge on any atom is 0.166 e. The molecule has 2 rings (SSSR count). The predicted octanol–water partition coefficient (Wildman–Crippen LogP) is 3.40. The zero-order valence-electron chi connectivity index (χ0n) is 11.9. The summed E-state index contributed by atoms with van der Waals surface area (Å²) in [6, 6.07) is 17.1. The Balaban J connectivity index is 1.87. The third-order valence-corrected chi connectivity index (χ3v) is 3.03. The van der Waals surface area contributed by atoms with Crippen LogP contribution in [0.1, 0.15) is 16.8 Å². The lowest BCUT2D eigenvalue weighted by Crippen LogP contribution is -2.09. The molecule has 0 fully saturated rings. The van der Waals surface area contributed by atoms with E-state index in [2.05, 4.69) is 0 Å². The fourth-order valence-corrected chi connectivity index (χ4v) is 1.88. The number of benzene rings is 2. The molecular formula is C17H19NO2. The van der Waals surface area contributed by atoms with Crippen molar-refractivity contribution in [1.29, 1.82) is 0 Å². The minimum Gasteiger partial charge on any atom is -0.493 e. The number of nitrogens with zero attached hydrogens (tertiary/aromatic N) is 1. The van der Waals surface area contributed by atoms with E-state index in [1.54, 1.807) is 0 Å². The molecule has 3 heteroatoms. The van der Waals surface area contributed by atoms with Crippen LogP contribution in [0.25, 0.3) is 0 Å². The van der Waals surface area contributed by atoms with Crippen molar-refractivity contribution < 1.29 is 9.53 Å². The Bertz CT molecular complexity index is 564. The number of hydrogen-bond donors (Lipinski definition) is 0. The van der Waals surface area contributed by atoms with Gasteiger partial charge >= 0.3 is 0 Å². The van der Waals surface area contributed by atoms with E-state index in [0.717, 1.165) is 17.0 Å². The van der Waals surface area contributed by atoms with Crippen LogP contribution in [-0.4, -0.2) is 26.5 Å². The summed E-state index contributed by atoms with van der Waals surface area (Å²) in [6.07, 6.45) is 0.385. The average Bonchev–Trinajstić information content (AvgIpc) is 2.48. The number of hydrogen-bond acceptors (Lipinski definition) is 3. The molecule has 0 saturated carbocycles. The van der Waals surface area contributed by atoms with Gasteiger partial charge in [-0.2, -0.15) is 0 Å². The Morgan fingerprint density at radius 2 is 1.80 bits per heavy atom. The second kappa shape index (κ2) is 6.75. The molecule has 0 saturated heterocycles. The summed E-state index contributed by atoms with van der Waals surface area (Å²) in [6.45, 7) is 0.393. The first kappa shape index (κ1) is 14.1. The van der Waals surface area contributed by atoms with Crippen LogP contribution < -0.4 is 9.64 Å². The molecule has 0 radical (unpaired) electrons. The fourth-order valence-electron chi connectivity index (χ4n) is 1.88. The predicted molar refractivity (Wildman–Crippen MR) is 81.7 cm³/mol. The quantitative estimate of drug-likeness (QED) is 0.753. The van der Waals surface area contributed by atoms with E-state index in [4.69, 9.17) is 4.74 Å². The zero-order chi connectivity index (χ0) is 14.4. The van der Waals surface area contributed by atoms with Gasteiger partial charge in [0.1, 0.15) is 5.75 Å². The van der Waals surface area contributed by atoms with Crippen LogP contribution >= 0.6 is 0 Å². The van der Waals surface area contributed by atoms with Gasteiger partial charge in [-0.1, -0.05) is 36.4 Å². The number of rotatable bonds is 6. The smallest absolute Gasteiger partial charge is 0.166 e. The normalized spacial score (nSPS) is 10.1. The molecule has 0 bridgehead atoms. The van der Waals surface area contributed by atoms with Gasteiger partial charge in [-0.15, -0.1) is 0 Å². The van der Waals surface area contributed by atoms with E-state index in [9.17, 15) is 4.79 Å². The van der Waals surface area contributed by atoms with Crippen molar-refractivity contribution in [3.8, 4) is 5.75 Å². The molecule has 104 valence electrons. The Kier molecular flexibility index (Phi) is 4.77. The third kappa shape index (κ3) is 3.85. The van der Waals surface area contributed by atoms with E-state index in [1.165, 1.54) is 0 Å². The van der Waals surface area contributed by atoms with Crippen LogP contribution in [0.2, 0.25) is 0 Å². The lowest BCUT2D eigenvalue weighted by atomic mass is 10.1. The largest absolute Gasteiger partial charge is 0.493 e. The third-order valence-electron chi connectivity index (χ3n) is 3.03. The van der Waals surface area contributed by atoms with Crippen molar-refractivity contribution in [1.82, 2.24) is 0 Å². The van der Waals surface area contributed by atoms with E-state index < -0.39 is 0 Å². The number of carbonyl (C=O) groups excluding carboxylic acids is 1. The molecule has 0 aromatic heterocycles. The number of ether oxygens (including phenoxy) is 1. The summed E-state index contributed by atoms with van der Waals surface area (Å²) in [4.78, 5) is 13.9. The Morgan fingerprint density at radius 1 is 1.05 bits per heavy atom. The molecule has 0 unspecified atom stereocenters. The van der Waals surface area contributed by atoms with Gasteiger partial charge in [0.05, 0.1) is 6.61 Å². The van der Waals surface area contributed by atoms with Crippen molar-refractivity contribution >= 4 is 11.5 Å². The molecule has 0 heterocycles. The highest BCUT2D eigenvalue weighted by Gasteiger charge is 2.05. The van der Waals surface area contributed by atoms with Crippen molar-refractivity contribution in [2.45, 2.75) is 6.42 Å². The Morgan fingerprint density at radius 3 is 2.50 bits per heavy atom. The number of Topliss-reactive ketones (excluding diaryl/α,β-unsaturated/α-hetero) is 1. The Hall–Kier alpha value is -2.29. The van der Waals surface area contributed by atoms with Crippen molar-refractivity contribution in [2.24, 2.45) is 0 Å². The topological polar surface area (TPSA) is 29.5 Å². The van der Waals surface area contributed by atoms with E-state index >= 15 is 0 Å². The molecule has 0 spiro atoms. The summed E-state index contributed by atoms with van der Waals surface area (Å²) in [5.74, 6) is 0.895. The minimum absolute atomic E-state index is 0.106. The van der Waals surface area contributed by atoms with Crippen LogP contribution in [0.5, 0.6) is 5.75 Å². The first-order valence-electron chi connectivity index (χ1n) is 6.65. The maximum absolute atomic E-state index is 11.9. The second-order valence-corrected chi connectivity index (χ2v) is 4.78. The standard InChI is InChI=1S/C17H19NO2/c1-18(2)15-9-6-10-16(13-15)20-12-11-17(19)14-7-4-3-5-8-14/h3-10,13H,11-12H2,1-2H3. The summed E-state index contributed by atoms with van der Waals surface area (Å²) in [5.41, 5.74) is 1.81. The lowest BCUT2D eigenvalue weighted by molar-refractivity contribution is 0.0962. The molecule has 0 aliphatic heterocycles. The van der Waals surface area contributed by atoms with E-state index in [-0.39, 0.29) is 5.78 Å². The molecular weight excluding hydrogens is 250 g/mol. The van der Waals surface area contributed by atoms with E-state index in [0.29, 0.717) is 13.0 Å². The first-order valence-corrected chi connectivity index (χ1v) is 6.65. The highest BCUT2D eigenvalue weighted by atomic mass is 16.5. The summed E-state index contributed by atoms with van der Waals surface area (Å²) < 4.78 is 5.64. The molecule has 2 aromatic rings. The van der Waals surface area contributed by atoms with Crippen LogP contribution in [0.3, 0.4) is 0 Å². The van der Waals surface area contributed by atoms with Gasteiger partial charge in [0, 0.05) is 37.8 Å². The monoisotopic (exact) mass is 269 g/mol. The van der Waals surface area contributed by atoms with Gasteiger partial charge in [-0.05, 0) is 12.1 Å². The number of anilines is 1. The lowest BCUT2D eigenvalue weighted by Gasteiger charge is -2.14. The molecule has 0 amide bonds. The van der Waals surface area contributed by atoms with Gasteiger partial charge in [0.2, 0.25) is 0 Å². The van der Waals surface area contributed by atoms with Gasteiger partial charge in [-0.25, -0.2) is 0 Å². The average molecular weight is 269 g/mol. The van der Waals surface area contributed by atoms with Crippen LogP contribution in [0.4, 0.5) is 5.69 Å². The SMILES string of the molecule is CN(C)c1cccc(OCCC(=O)c2ccccc2)c1. The molecule has 0 aliphatic carbocycles. The van der Waals surface area contributed by atoms with Crippen LogP contribution in [-0.2, 0) is 0 Å². The highest BCUT2D eigenvalue weighted by Crippen LogP contribution is 2.19. The number of carbonyl (C=O) groups is 1.